The molecule has 0 aliphatic carbocycles. The SMILES string of the molecule is COc1ccc(B(O)OC(=O)OB(O)c2ccc(OC)c(OC)c2)cc1OC. The van der Waals surface area contributed by atoms with Crippen LogP contribution in [0.2, 0.25) is 0 Å². The lowest BCUT2D eigenvalue weighted by atomic mass is 9.79. The highest BCUT2D eigenvalue weighted by molar-refractivity contribution is 6.63. The van der Waals surface area contributed by atoms with Gasteiger partial charge in [0.1, 0.15) is 0 Å². The first-order chi connectivity index (χ1) is 13.4. The molecule has 0 aliphatic rings. The largest absolute Gasteiger partial charge is 0.564 e. The van der Waals surface area contributed by atoms with E-state index in [9.17, 15) is 14.8 Å². The molecule has 0 aliphatic heterocycles. The maximum absolute atomic E-state index is 11.9. The van der Waals surface area contributed by atoms with Gasteiger partial charge in [-0.25, -0.2) is 4.79 Å². The van der Waals surface area contributed by atoms with Crippen LogP contribution in [0, 0.1) is 0 Å². The Kier molecular flexibility index (Phi) is 7.42. The first-order valence-electron chi connectivity index (χ1n) is 8.10. The maximum Gasteiger partial charge on any atom is 0.564 e. The number of hydrogen-bond acceptors (Lipinski definition) is 9. The molecule has 0 saturated carbocycles. The third-order valence-electron chi connectivity index (χ3n) is 3.80. The minimum Gasteiger partial charge on any atom is -0.493 e. The fraction of sp³-hybridized carbons (Fsp3) is 0.235. The van der Waals surface area contributed by atoms with Gasteiger partial charge in [0.2, 0.25) is 0 Å². The van der Waals surface area contributed by atoms with Gasteiger partial charge in [0, 0.05) is 10.9 Å². The molecular weight excluding hydrogens is 370 g/mol. The van der Waals surface area contributed by atoms with Crippen molar-refractivity contribution in [1.82, 2.24) is 0 Å². The van der Waals surface area contributed by atoms with E-state index in [1.165, 1.54) is 52.7 Å². The molecule has 0 radical (unpaired) electrons. The van der Waals surface area contributed by atoms with E-state index in [-0.39, 0.29) is 10.9 Å². The van der Waals surface area contributed by atoms with Crippen LogP contribution < -0.4 is 29.9 Å². The molecule has 2 aromatic rings. The molecule has 11 heteroatoms. The van der Waals surface area contributed by atoms with Crippen LogP contribution in [0.5, 0.6) is 23.0 Å². The standard InChI is InChI=1S/C17H20B2O9/c1-23-13-7-5-11(9-15(13)25-3)18(21)27-17(20)28-19(22)12-6-8-14(24-2)16(10-12)26-4/h5-10,21-22H,1-4H3. The molecule has 0 spiro atoms. The van der Waals surface area contributed by atoms with Crippen LogP contribution >= 0.6 is 0 Å². The molecule has 9 nitrogen and oxygen atoms in total. The Labute approximate surface area is 163 Å². The summed E-state index contributed by atoms with van der Waals surface area (Å²) in [4.78, 5) is 11.9. The second-order valence-corrected chi connectivity index (χ2v) is 5.42. The Bertz CT molecular complexity index is 750. The van der Waals surface area contributed by atoms with Crippen LogP contribution in [-0.4, -0.2) is 58.9 Å². The highest BCUT2D eigenvalue weighted by Crippen LogP contribution is 2.25. The quantitative estimate of drug-likeness (QED) is 0.599. The molecule has 2 rings (SSSR count). The van der Waals surface area contributed by atoms with Gasteiger partial charge in [-0.3, -0.25) is 0 Å². The molecule has 0 amide bonds. The minimum atomic E-state index is -1.63. The van der Waals surface area contributed by atoms with Crippen molar-refractivity contribution in [2.45, 2.75) is 0 Å². The highest BCUT2D eigenvalue weighted by Gasteiger charge is 2.29. The molecule has 2 aromatic carbocycles. The van der Waals surface area contributed by atoms with E-state index in [2.05, 4.69) is 0 Å². The summed E-state index contributed by atoms with van der Waals surface area (Å²) in [7, 11) is 2.54. The van der Waals surface area contributed by atoms with Crippen molar-refractivity contribution >= 4 is 31.3 Å². The lowest BCUT2D eigenvalue weighted by Gasteiger charge is -2.14. The second kappa shape index (κ2) is 9.77. The third kappa shape index (κ3) is 5.02. The van der Waals surface area contributed by atoms with E-state index in [0.717, 1.165) is 0 Å². The fourth-order valence-corrected chi connectivity index (χ4v) is 2.36. The van der Waals surface area contributed by atoms with E-state index >= 15 is 0 Å². The Hall–Kier alpha value is -3.04. The summed E-state index contributed by atoms with van der Waals surface area (Å²) >= 11 is 0. The summed E-state index contributed by atoms with van der Waals surface area (Å²) in [5.74, 6) is 1.59. The first kappa shape index (κ1) is 21.3. The topological polar surface area (TPSA) is 113 Å². The van der Waals surface area contributed by atoms with Crippen molar-refractivity contribution in [3.63, 3.8) is 0 Å². The number of benzene rings is 2. The van der Waals surface area contributed by atoms with Crippen molar-refractivity contribution in [2.75, 3.05) is 28.4 Å². The van der Waals surface area contributed by atoms with Crippen LogP contribution in [0.3, 0.4) is 0 Å². The minimum absolute atomic E-state index is 0.232. The number of carbonyl (C=O) groups is 1. The van der Waals surface area contributed by atoms with Gasteiger partial charge in [-0.15, -0.1) is 0 Å². The molecule has 0 atom stereocenters. The number of carbonyl (C=O) groups excluding carboxylic acids is 1. The van der Waals surface area contributed by atoms with E-state index in [0.29, 0.717) is 23.0 Å². The van der Waals surface area contributed by atoms with Crippen LogP contribution in [0.4, 0.5) is 4.79 Å². The van der Waals surface area contributed by atoms with Gasteiger partial charge in [0.25, 0.3) is 0 Å². The molecule has 148 valence electrons. The second-order valence-electron chi connectivity index (χ2n) is 5.42. The monoisotopic (exact) mass is 390 g/mol. The summed E-state index contributed by atoms with van der Waals surface area (Å²) in [5.41, 5.74) is 0.463. The Morgan fingerprint density at radius 1 is 0.679 bits per heavy atom. The smallest absolute Gasteiger partial charge is 0.493 e. The van der Waals surface area contributed by atoms with E-state index in [1.54, 1.807) is 12.1 Å². The van der Waals surface area contributed by atoms with E-state index < -0.39 is 20.4 Å². The van der Waals surface area contributed by atoms with Gasteiger partial charge in [-0.05, 0) is 24.3 Å². The summed E-state index contributed by atoms with van der Waals surface area (Å²) in [6.07, 6.45) is -1.27. The van der Waals surface area contributed by atoms with Crippen molar-refractivity contribution in [3.8, 4) is 23.0 Å². The highest BCUT2D eigenvalue weighted by atomic mass is 16.7. The number of ether oxygens (including phenoxy) is 4. The van der Waals surface area contributed by atoms with Crippen molar-refractivity contribution in [2.24, 2.45) is 0 Å². The van der Waals surface area contributed by atoms with Crippen molar-refractivity contribution < 1.29 is 43.1 Å². The molecule has 0 aromatic heterocycles. The van der Waals surface area contributed by atoms with Gasteiger partial charge in [-0.1, -0.05) is 12.1 Å². The lowest BCUT2D eigenvalue weighted by molar-refractivity contribution is 0.138. The molecule has 0 heterocycles. The Balaban J connectivity index is 2.03. The maximum atomic E-state index is 11.9. The fourth-order valence-electron chi connectivity index (χ4n) is 2.36. The van der Waals surface area contributed by atoms with Crippen molar-refractivity contribution in [3.05, 3.63) is 36.4 Å². The molecule has 28 heavy (non-hydrogen) atoms. The predicted molar refractivity (Wildman–Crippen MR) is 102 cm³/mol. The molecule has 2 N–H and O–H groups in total. The summed E-state index contributed by atoms with van der Waals surface area (Å²) in [6, 6.07) is 8.96. The Morgan fingerprint density at radius 3 is 1.36 bits per heavy atom. The van der Waals surface area contributed by atoms with Crippen LogP contribution in [0.15, 0.2) is 36.4 Å². The first-order valence-corrected chi connectivity index (χ1v) is 8.10. The average Bonchev–Trinajstić information content (AvgIpc) is 2.72. The lowest BCUT2D eigenvalue weighted by Crippen LogP contribution is -2.41. The summed E-state index contributed by atoms with van der Waals surface area (Å²) in [6.45, 7) is 0. The van der Waals surface area contributed by atoms with E-state index in [1.807, 2.05) is 0 Å². The molecular formula is C17H20B2O9. The number of methoxy groups -OCH3 is 4. The van der Waals surface area contributed by atoms with Gasteiger partial charge in [0.05, 0.1) is 28.4 Å². The molecule has 0 unspecified atom stereocenters. The predicted octanol–water partition coefficient (Wildman–Crippen LogP) is -0.0506. The van der Waals surface area contributed by atoms with Gasteiger partial charge >= 0.3 is 20.4 Å². The zero-order valence-corrected chi connectivity index (χ0v) is 15.9. The van der Waals surface area contributed by atoms with Crippen molar-refractivity contribution in [1.29, 1.82) is 0 Å². The molecule has 0 fully saturated rings. The summed E-state index contributed by atoms with van der Waals surface area (Å²) in [5, 5.41) is 20.1. The van der Waals surface area contributed by atoms with Gasteiger partial charge < -0.3 is 38.3 Å². The van der Waals surface area contributed by atoms with Crippen LogP contribution in [-0.2, 0) is 9.31 Å². The zero-order chi connectivity index (χ0) is 20.7. The molecule has 0 bridgehead atoms. The normalized spacial score (nSPS) is 9.93. The van der Waals surface area contributed by atoms with E-state index in [4.69, 9.17) is 28.3 Å². The van der Waals surface area contributed by atoms with Gasteiger partial charge in [0.15, 0.2) is 23.0 Å². The third-order valence-corrected chi connectivity index (χ3v) is 3.80. The number of hydrogen-bond donors (Lipinski definition) is 2. The van der Waals surface area contributed by atoms with Crippen LogP contribution in [0.1, 0.15) is 0 Å². The zero-order valence-electron chi connectivity index (χ0n) is 15.9. The van der Waals surface area contributed by atoms with Gasteiger partial charge in [-0.2, -0.15) is 0 Å². The number of rotatable bonds is 8. The average molecular weight is 390 g/mol. The molecule has 0 saturated heterocycles. The Morgan fingerprint density at radius 2 is 1.04 bits per heavy atom. The van der Waals surface area contributed by atoms with Crippen LogP contribution in [0.25, 0.3) is 0 Å². The summed E-state index contributed by atoms with van der Waals surface area (Å²) < 4.78 is 30.0.